The van der Waals surface area contributed by atoms with E-state index in [-0.39, 0.29) is 11.9 Å². The van der Waals surface area contributed by atoms with Crippen molar-refractivity contribution in [2.24, 2.45) is 0 Å². The summed E-state index contributed by atoms with van der Waals surface area (Å²) in [5.74, 6) is 1.35. The van der Waals surface area contributed by atoms with Gasteiger partial charge in [0.2, 0.25) is 5.95 Å². The molecule has 0 saturated heterocycles. The summed E-state index contributed by atoms with van der Waals surface area (Å²) in [4.78, 5) is 16.2. The van der Waals surface area contributed by atoms with Gasteiger partial charge in [-0.15, -0.1) is 16.4 Å². The Morgan fingerprint density at radius 1 is 1.62 bits per heavy atom. The first kappa shape index (κ1) is 10.6. The monoisotopic (exact) mass is 238 g/mol. The van der Waals surface area contributed by atoms with Crippen molar-refractivity contribution in [1.29, 1.82) is 0 Å². The van der Waals surface area contributed by atoms with E-state index in [1.54, 1.807) is 25.5 Å². The Hall–Kier alpha value is -1.89. The number of rotatable bonds is 3. The molecule has 0 unspecified atom stereocenters. The van der Waals surface area contributed by atoms with Crippen molar-refractivity contribution in [2.45, 2.75) is 6.92 Å². The van der Waals surface area contributed by atoms with Gasteiger partial charge in [0, 0.05) is 11.4 Å². The second kappa shape index (κ2) is 4.31. The zero-order chi connectivity index (χ0) is 11.5. The van der Waals surface area contributed by atoms with Crippen LogP contribution < -0.4 is 10.1 Å². The number of anilines is 1. The van der Waals surface area contributed by atoms with Crippen molar-refractivity contribution in [3.05, 3.63) is 22.1 Å². The summed E-state index contributed by atoms with van der Waals surface area (Å²) in [6.45, 7) is 1.76. The molecule has 0 aliphatic rings. The number of aryl methyl sites for hydroxylation is 1. The predicted octanol–water partition coefficient (Wildman–Crippen LogP) is 1.44. The van der Waals surface area contributed by atoms with Crippen LogP contribution in [0.4, 0.5) is 5.95 Å². The Morgan fingerprint density at radius 3 is 3.00 bits per heavy atom. The van der Waals surface area contributed by atoms with E-state index in [0.717, 1.165) is 0 Å². The fraction of sp³-hybridized carbons (Fsp3) is 0.222. The molecule has 16 heavy (non-hydrogen) atoms. The lowest BCUT2D eigenvalue weighted by atomic mass is 10.4. The van der Waals surface area contributed by atoms with Crippen molar-refractivity contribution in [3.8, 4) is 5.75 Å². The number of thiophene rings is 1. The molecule has 0 atom stereocenters. The van der Waals surface area contributed by atoms with Crippen LogP contribution in [-0.4, -0.2) is 28.2 Å². The molecule has 1 amide bonds. The predicted molar refractivity (Wildman–Crippen MR) is 59.9 cm³/mol. The zero-order valence-electron chi connectivity index (χ0n) is 8.77. The van der Waals surface area contributed by atoms with Gasteiger partial charge in [-0.1, -0.05) is 0 Å². The third kappa shape index (κ3) is 2.19. The molecule has 7 heteroatoms. The number of carbonyl (C=O) groups is 1. The highest BCUT2D eigenvalue weighted by molar-refractivity contribution is 7.12. The van der Waals surface area contributed by atoms with Crippen LogP contribution in [-0.2, 0) is 0 Å². The highest BCUT2D eigenvalue weighted by Gasteiger charge is 2.11. The maximum absolute atomic E-state index is 11.7. The Morgan fingerprint density at radius 2 is 2.44 bits per heavy atom. The fourth-order valence-electron chi connectivity index (χ4n) is 1.11. The van der Waals surface area contributed by atoms with Gasteiger partial charge in [-0.25, -0.2) is 0 Å². The van der Waals surface area contributed by atoms with Gasteiger partial charge in [0.05, 0.1) is 12.0 Å². The molecule has 0 spiro atoms. The van der Waals surface area contributed by atoms with E-state index >= 15 is 0 Å². The zero-order valence-corrected chi connectivity index (χ0v) is 9.59. The van der Waals surface area contributed by atoms with E-state index < -0.39 is 0 Å². The lowest BCUT2D eigenvalue weighted by molar-refractivity contribution is 0.102. The summed E-state index contributed by atoms with van der Waals surface area (Å²) in [5, 5.41) is 10.8. The van der Waals surface area contributed by atoms with Crippen molar-refractivity contribution in [3.63, 3.8) is 0 Å². The number of nitrogens with one attached hydrogen (secondary N) is 2. The summed E-state index contributed by atoms with van der Waals surface area (Å²) in [5.41, 5.74) is 0. The Labute approximate surface area is 95.7 Å². The average molecular weight is 238 g/mol. The van der Waals surface area contributed by atoms with E-state index in [0.29, 0.717) is 16.5 Å². The van der Waals surface area contributed by atoms with E-state index in [9.17, 15) is 4.79 Å². The molecule has 84 valence electrons. The van der Waals surface area contributed by atoms with Gasteiger partial charge in [-0.05, 0) is 6.92 Å². The highest BCUT2D eigenvalue weighted by Crippen LogP contribution is 2.21. The fourth-order valence-corrected chi connectivity index (χ4v) is 1.86. The number of methoxy groups -OCH3 is 1. The number of aromatic amines is 1. The normalized spacial score (nSPS) is 10.1. The Bertz CT molecular complexity index is 505. The van der Waals surface area contributed by atoms with Crippen LogP contribution in [0.25, 0.3) is 0 Å². The van der Waals surface area contributed by atoms with Crippen molar-refractivity contribution in [2.75, 3.05) is 12.4 Å². The van der Waals surface area contributed by atoms with Crippen LogP contribution in [0.3, 0.4) is 0 Å². The molecule has 0 aliphatic carbocycles. The maximum atomic E-state index is 11.7. The SMILES string of the molecule is COc1csc(C(=O)Nc2n[nH]c(C)n2)c1. The van der Waals surface area contributed by atoms with E-state index in [2.05, 4.69) is 20.5 Å². The molecule has 0 radical (unpaired) electrons. The molecule has 2 aromatic heterocycles. The van der Waals surface area contributed by atoms with Gasteiger partial charge in [0.15, 0.2) is 0 Å². The van der Waals surface area contributed by atoms with E-state index in [1.807, 2.05) is 0 Å². The maximum Gasteiger partial charge on any atom is 0.268 e. The first-order valence-electron chi connectivity index (χ1n) is 4.52. The van der Waals surface area contributed by atoms with Gasteiger partial charge in [-0.2, -0.15) is 4.98 Å². The Balaban J connectivity index is 2.08. The topological polar surface area (TPSA) is 79.9 Å². The number of carbonyl (C=O) groups excluding carboxylic acids is 1. The molecule has 2 heterocycles. The van der Waals surface area contributed by atoms with Crippen molar-refractivity contribution in [1.82, 2.24) is 15.2 Å². The molecule has 0 saturated carbocycles. The lowest BCUT2D eigenvalue weighted by Gasteiger charge is -1.96. The molecular formula is C9H10N4O2S. The molecular weight excluding hydrogens is 228 g/mol. The van der Waals surface area contributed by atoms with Crippen LogP contribution in [0.15, 0.2) is 11.4 Å². The van der Waals surface area contributed by atoms with Gasteiger partial charge in [0.25, 0.3) is 5.91 Å². The third-order valence-electron chi connectivity index (χ3n) is 1.86. The minimum absolute atomic E-state index is 0.243. The molecule has 0 fully saturated rings. The quantitative estimate of drug-likeness (QED) is 0.847. The number of hydrogen-bond donors (Lipinski definition) is 2. The molecule has 2 aromatic rings. The summed E-state index contributed by atoms with van der Waals surface area (Å²) in [6, 6.07) is 1.67. The molecule has 2 rings (SSSR count). The smallest absolute Gasteiger partial charge is 0.268 e. The van der Waals surface area contributed by atoms with Gasteiger partial charge >= 0.3 is 0 Å². The minimum Gasteiger partial charge on any atom is -0.496 e. The number of ether oxygens (including phenoxy) is 1. The number of hydrogen-bond acceptors (Lipinski definition) is 5. The number of aromatic nitrogens is 3. The van der Waals surface area contributed by atoms with Crippen LogP contribution in [0.1, 0.15) is 15.5 Å². The van der Waals surface area contributed by atoms with Crippen LogP contribution >= 0.6 is 11.3 Å². The number of H-pyrrole nitrogens is 1. The molecule has 0 aliphatic heterocycles. The first-order valence-corrected chi connectivity index (χ1v) is 5.40. The minimum atomic E-state index is -0.243. The average Bonchev–Trinajstić information content (AvgIpc) is 2.87. The van der Waals surface area contributed by atoms with Crippen LogP contribution in [0.2, 0.25) is 0 Å². The van der Waals surface area contributed by atoms with Gasteiger partial charge < -0.3 is 4.74 Å². The van der Waals surface area contributed by atoms with Crippen LogP contribution in [0, 0.1) is 6.92 Å². The lowest BCUT2D eigenvalue weighted by Crippen LogP contribution is -2.11. The van der Waals surface area contributed by atoms with Crippen molar-refractivity contribution >= 4 is 23.2 Å². The molecule has 6 nitrogen and oxygen atoms in total. The summed E-state index contributed by atoms with van der Waals surface area (Å²) < 4.78 is 4.99. The largest absolute Gasteiger partial charge is 0.496 e. The third-order valence-corrected chi connectivity index (χ3v) is 2.76. The highest BCUT2D eigenvalue weighted by atomic mass is 32.1. The molecule has 0 aromatic carbocycles. The van der Waals surface area contributed by atoms with E-state index in [4.69, 9.17) is 4.74 Å². The van der Waals surface area contributed by atoms with Gasteiger partial charge in [-0.3, -0.25) is 15.2 Å². The Kier molecular flexibility index (Phi) is 2.86. The molecule has 2 N–H and O–H groups in total. The first-order chi connectivity index (χ1) is 7.69. The molecule has 0 bridgehead atoms. The number of nitrogens with zero attached hydrogens (tertiary/aromatic N) is 2. The van der Waals surface area contributed by atoms with Gasteiger partial charge in [0.1, 0.15) is 11.6 Å². The summed E-state index contributed by atoms with van der Waals surface area (Å²) in [6.07, 6.45) is 0. The number of amides is 1. The second-order valence-corrected chi connectivity index (χ2v) is 3.96. The second-order valence-electron chi connectivity index (χ2n) is 3.05. The summed E-state index contributed by atoms with van der Waals surface area (Å²) >= 11 is 1.31. The van der Waals surface area contributed by atoms with Crippen LogP contribution in [0.5, 0.6) is 5.75 Å². The van der Waals surface area contributed by atoms with Crippen molar-refractivity contribution < 1.29 is 9.53 Å². The van der Waals surface area contributed by atoms with E-state index in [1.165, 1.54) is 11.3 Å². The standard InChI is InChI=1S/C9H10N4O2S/c1-5-10-9(13-12-5)11-8(14)7-3-6(15-2)4-16-7/h3-4H,1-2H3,(H2,10,11,12,13,14). The summed E-state index contributed by atoms with van der Waals surface area (Å²) in [7, 11) is 1.56.